The molecule has 0 saturated heterocycles. The highest BCUT2D eigenvalue weighted by Gasteiger charge is 2.18. The lowest BCUT2D eigenvalue weighted by molar-refractivity contribution is 0.267. The fourth-order valence-electron chi connectivity index (χ4n) is 6.43. The van der Waals surface area contributed by atoms with E-state index in [0.717, 1.165) is 32.6 Å². The van der Waals surface area contributed by atoms with Crippen LogP contribution in [0.5, 0.6) is 0 Å². The smallest absolute Gasteiger partial charge is 0.0462 e. The van der Waals surface area contributed by atoms with Crippen LogP contribution in [0.4, 0.5) is 0 Å². The van der Waals surface area contributed by atoms with Crippen LogP contribution in [0.3, 0.4) is 0 Å². The second-order valence-electron chi connectivity index (χ2n) is 13.9. The van der Waals surface area contributed by atoms with Crippen LogP contribution in [0.1, 0.15) is 119 Å². The first-order valence-electron chi connectivity index (χ1n) is 16.4. The first kappa shape index (κ1) is 32.8. The fourth-order valence-corrected chi connectivity index (χ4v) is 6.43. The molecule has 4 nitrogen and oxygen atoms in total. The van der Waals surface area contributed by atoms with Gasteiger partial charge in [0.25, 0.3) is 0 Å². The van der Waals surface area contributed by atoms with Gasteiger partial charge in [-0.05, 0) is 104 Å². The number of aromatic amines is 2. The molecule has 0 saturated carbocycles. The molecular formula is C39H56N4. The van der Waals surface area contributed by atoms with Crippen molar-refractivity contribution in [3.05, 3.63) is 94.3 Å². The zero-order valence-electron chi connectivity index (χ0n) is 28.5. The molecule has 0 atom stereocenters. The van der Waals surface area contributed by atoms with Gasteiger partial charge in [0.2, 0.25) is 0 Å². The highest BCUT2D eigenvalue weighted by molar-refractivity contribution is 5.71. The van der Waals surface area contributed by atoms with E-state index in [9.17, 15) is 0 Å². The highest BCUT2D eigenvalue weighted by Crippen LogP contribution is 2.37. The van der Waals surface area contributed by atoms with Crippen molar-refractivity contribution in [3.8, 4) is 22.5 Å². The Bertz CT molecular complexity index is 1290. The Labute approximate surface area is 261 Å². The molecule has 0 aliphatic rings. The van der Waals surface area contributed by atoms with E-state index in [1.165, 1.54) is 56.2 Å². The number of hydrogen-bond donors (Lipinski definition) is 2. The molecule has 2 heterocycles. The SMILES string of the molecule is CC(C)c1cccc(C(C)C)c1-c1ccc(CN(C)CCCN(C)Cc2ccc(-c3c(C(C)C)cccc3C(C)C)[nH]2)[nH]1. The van der Waals surface area contributed by atoms with Crippen molar-refractivity contribution in [3.63, 3.8) is 0 Å². The van der Waals surface area contributed by atoms with Gasteiger partial charge in [-0.3, -0.25) is 0 Å². The first-order chi connectivity index (χ1) is 20.5. The number of nitrogens with one attached hydrogen (secondary N) is 2. The van der Waals surface area contributed by atoms with E-state index in [-0.39, 0.29) is 0 Å². The van der Waals surface area contributed by atoms with Gasteiger partial charge in [-0.1, -0.05) is 91.8 Å². The maximum atomic E-state index is 3.76. The van der Waals surface area contributed by atoms with Gasteiger partial charge in [0.15, 0.2) is 0 Å². The summed E-state index contributed by atoms with van der Waals surface area (Å²) in [7, 11) is 4.47. The minimum atomic E-state index is 0.492. The lowest BCUT2D eigenvalue weighted by Gasteiger charge is -2.20. The average molecular weight is 581 g/mol. The lowest BCUT2D eigenvalue weighted by Crippen LogP contribution is -2.25. The van der Waals surface area contributed by atoms with Crippen LogP contribution in [0, 0.1) is 0 Å². The van der Waals surface area contributed by atoms with E-state index < -0.39 is 0 Å². The summed E-state index contributed by atoms with van der Waals surface area (Å²) in [5.74, 6) is 1.97. The minimum absolute atomic E-state index is 0.492. The van der Waals surface area contributed by atoms with Gasteiger partial charge in [-0.25, -0.2) is 0 Å². The Hall–Kier alpha value is -3.08. The lowest BCUT2D eigenvalue weighted by atomic mass is 9.87. The van der Waals surface area contributed by atoms with Gasteiger partial charge < -0.3 is 19.8 Å². The molecular weight excluding hydrogens is 524 g/mol. The van der Waals surface area contributed by atoms with Crippen molar-refractivity contribution in [1.29, 1.82) is 0 Å². The van der Waals surface area contributed by atoms with E-state index in [0.29, 0.717) is 23.7 Å². The summed E-state index contributed by atoms with van der Waals surface area (Å²) in [5.41, 5.74) is 13.5. The summed E-state index contributed by atoms with van der Waals surface area (Å²) in [6.45, 7) is 22.3. The molecule has 0 unspecified atom stereocenters. The largest absolute Gasteiger partial charge is 0.357 e. The minimum Gasteiger partial charge on any atom is -0.357 e. The van der Waals surface area contributed by atoms with E-state index >= 15 is 0 Å². The topological polar surface area (TPSA) is 38.1 Å². The summed E-state index contributed by atoms with van der Waals surface area (Å²) < 4.78 is 0. The van der Waals surface area contributed by atoms with Crippen molar-refractivity contribution in [2.75, 3.05) is 27.2 Å². The Morgan fingerprint density at radius 1 is 0.488 bits per heavy atom. The molecule has 2 aromatic heterocycles. The number of H-pyrrole nitrogens is 2. The Morgan fingerprint density at radius 2 is 0.814 bits per heavy atom. The third-order valence-corrected chi connectivity index (χ3v) is 8.74. The quantitative estimate of drug-likeness (QED) is 0.156. The van der Waals surface area contributed by atoms with E-state index in [4.69, 9.17) is 0 Å². The van der Waals surface area contributed by atoms with Crippen molar-refractivity contribution >= 4 is 0 Å². The number of nitrogens with zero attached hydrogens (tertiary/aromatic N) is 2. The normalized spacial score (nSPS) is 12.3. The van der Waals surface area contributed by atoms with Crippen molar-refractivity contribution in [1.82, 2.24) is 19.8 Å². The van der Waals surface area contributed by atoms with E-state index in [1.807, 2.05) is 0 Å². The molecule has 4 rings (SSSR count). The third-order valence-electron chi connectivity index (χ3n) is 8.74. The first-order valence-corrected chi connectivity index (χ1v) is 16.4. The van der Waals surface area contributed by atoms with Crippen molar-refractivity contribution < 1.29 is 0 Å². The van der Waals surface area contributed by atoms with Gasteiger partial charge >= 0.3 is 0 Å². The molecule has 0 radical (unpaired) electrons. The fraction of sp³-hybridized carbons (Fsp3) is 0.487. The zero-order chi connectivity index (χ0) is 31.3. The number of hydrogen-bond acceptors (Lipinski definition) is 2. The van der Waals surface area contributed by atoms with Gasteiger partial charge in [0.05, 0.1) is 0 Å². The maximum absolute atomic E-state index is 3.76. The molecule has 232 valence electrons. The van der Waals surface area contributed by atoms with Gasteiger partial charge in [0.1, 0.15) is 0 Å². The predicted octanol–water partition coefficient (Wildman–Crippen LogP) is 10.1. The Balaban J connectivity index is 1.33. The molecule has 0 spiro atoms. The predicted molar refractivity (Wildman–Crippen MR) is 186 cm³/mol. The standard InChI is InChI=1S/C39H56N4/c1-26(2)32-14-11-15-33(27(3)4)38(32)36-20-18-30(40-36)24-42(9)22-13-23-43(10)25-31-19-21-37(41-31)39-34(28(5)6)16-12-17-35(39)29(7)8/h11-12,14-21,26-29,40-41H,13,22-25H2,1-10H3. The molecule has 0 aliphatic carbocycles. The summed E-state index contributed by atoms with van der Waals surface area (Å²) in [6.07, 6.45) is 1.13. The van der Waals surface area contributed by atoms with Crippen LogP contribution in [-0.2, 0) is 13.1 Å². The van der Waals surface area contributed by atoms with Crippen LogP contribution in [0.15, 0.2) is 60.7 Å². The number of aromatic nitrogens is 2. The third kappa shape index (κ3) is 8.10. The van der Waals surface area contributed by atoms with E-state index in [2.05, 4.69) is 150 Å². The summed E-state index contributed by atoms with van der Waals surface area (Å²) in [4.78, 5) is 12.4. The molecule has 0 aliphatic heterocycles. The second kappa shape index (κ2) is 14.6. The molecule has 4 aromatic rings. The van der Waals surface area contributed by atoms with Crippen molar-refractivity contribution in [2.24, 2.45) is 0 Å². The number of rotatable bonds is 14. The Morgan fingerprint density at radius 3 is 1.12 bits per heavy atom. The number of benzene rings is 2. The monoisotopic (exact) mass is 580 g/mol. The van der Waals surface area contributed by atoms with Gasteiger partial charge in [-0.15, -0.1) is 0 Å². The Kier molecular flexibility index (Phi) is 11.1. The average Bonchev–Trinajstić information content (AvgIpc) is 3.61. The molecule has 43 heavy (non-hydrogen) atoms. The summed E-state index contributed by atoms with van der Waals surface area (Å²) in [6, 6.07) is 22.7. The van der Waals surface area contributed by atoms with Gasteiger partial charge in [0, 0.05) is 47.0 Å². The van der Waals surface area contributed by atoms with Crippen LogP contribution in [0.25, 0.3) is 22.5 Å². The van der Waals surface area contributed by atoms with Gasteiger partial charge in [-0.2, -0.15) is 0 Å². The molecule has 2 aromatic carbocycles. The van der Waals surface area contributed by atoms with Crippen LogP contribution in [0.2, 0.25) is 0 Å². The zero-order valence-corrected chi connectivity index (χ0v) is 28.5. The summed E-state index contributed by atoms with van der Waals surface area (Å²) in [5, 5.41) is 0. The van der Waals surface area contributed by atoms with Crippen LogP contribution >= 0.6 is 0 Å². The second-order valence-corrected chi connectivity index (χ2v) is 13.9. The molecule has 4 heteroatoms. The summed E-state index contributed by atoms with van der Waals surface area (Å²) >= 11 is 0. The molecule has 0 amide bonds. The maximum Gasteiger partial charge on any atom is 0.0462 e. The van der Waals surface area contributed by atoms with E-state index in [1.54, 1.807) is 0 Å². The molecule has 2 N–H and O–H groups in total. The van der Waals surface area contributed by atoms with Crippen LogP contribution < -0.4 is 0 Å². The molecule has 0 bridgehead atoms. The highest BCUT2D eigenvalue weighted by atomic mass is 15.1. The molecule has 0 fully saturated rings. The van der Waals surface area contributed by atoms with Crippen molar-refractivity contribution in [2.45, 2.75) is 98.6 Å². The van der Waals surface area contributed by atoms with Crippen LogP contribution in [-0.4, -0.2) is 47.0 Å².